The third-order valence-corrected chi connectivity index (χ3v) is 5.44. The van der Waals surface area contributed by atoms with E-state index in [1.54, 1.807) is 0 Å². The first kappa shape index (κ1) is 17.0. The number of hydrogen-bond donors (Lipinski definition) is 2. The molecule has 0 saturated carbocycles. The van der Waals surface area contributed by atoms with Gasteiger partial charge < -0.3 is 10.3 Å². The highest BCUT2D eigenvalue weighted by molar-refractivity contribution is 5.52. The van der Waals surface area contributed by atoms with E-state index in [9.17, 15) is 10.3 Å². The van der Waals surface area contributed by atoms with Crippen molar-refractivity contribution in [1.29, 1.82) is 0 Å². The molecule has 26 heavy (non-hydrogen) atoms. The Morgan fingerprint density at radius 3 is 1.38 bits per heavy atom. The lowest BCUT2D eigenvalue weighted by molar-refractivity contribution is -0.118. The number of benzene rings is 3. The average Bonchev–Trinajstić information content (AvgIpc) is 3.03. The van der Waals surface area contributed by atoms with Crippen LogP contribution < -0.4 is 0 Å². The number of rotatable bonds is 4. The summed E-state index contributed by atoms with van der Waals surface area (Å²) in [5.74, 6) is 0. The minimum atomic E-state index is -0.573. The third kappa shape index (κ3) is 2.74. The normalized spacial score (nSPS) is 21.0. The molecule has 3 aromatic carbocycles. The fraction of sp³-hybridized carbons (Fsp3) is 0.217. The first-order chi connectivity index (χ1) is 12.7. The molecule has 132 valence electrons. The zero-order chi connectivity index (χ0) is 18.0. The van der Waals surface area contributed by atoms with Crippen molar-refractivity contribution in [3.8, 4) is 0 Å². The van der Waals surface area contributed by atoms with Gasteiger partial charge in [0.25, 0.3) is 0 Å². The molecule has 3 aromatic rings. The van der Waals surface area contributed by atoms with E-state index in [4.69, 9.17) is 0 Å². The predicted octanol–water partition coefficient (Wildman–Crippen LogP) is 3.85. The van der Waals surface area contributed by atoms with Crippen LogP contribution in [-0.2, 0) is 5.41 Å². The maximum atomic E-state index is 10.8. The van der Waals surface area contributed by atoms with E-state index in [0.717, 1.165) is 16.7 Å². The van der Waals surface area contributed by atoms with Gasteiger partial charge in [0.15, 0.2) is 0 Å². The smallest absolute Gasteiger partial charge is 0.0706 e. The third-order valence-electron chi connectivity index (χ3n) is 5.44. The van der Waals surface area contributed by atoms with E-state index in [1.165, 1.54) is 5.06 Å². The molecule has 0 amide bonds. The molecule has 1 saturated heterocycles. The summed E-state index contributed by atoms with van der Waals surface area (Å²) >= 11 is 0. The van der Waals surface area contributed by atoms with E-state index in [0.29, 0.717) is 6.42 Å². The molecule has 0 aromatic heterocycles. The molecule has 0 radical (unpaired) electrons. The van der Waals surface area contributed by atoms with Crippen molar-refractivity contribution >= 4 is 0 Å². The molecular formula is C23H23NO2. The van der Waals surface area contributed by atoms with Crippen molar-refractivity contribution in [2.45, 2.75) is 24.0 Å². The fourth-order valence-electron chi connectivity index (χ4n) is 4.38. The Balaban J connectivity index is 2.04. The van der Waals surface area contributed by atoms with Crippen LogP contribution in [0.1, 0.15) is 23.1 Å². The highest BCUT2D eigenvalue weighted by Crippen LogP contribution is 2.46. The first-order valence-corrected chi connectivity index (χ1v) is 9.03. The SMILES string of the molecule is O[C@@H]1C[C@@H](C(c2ccccc2)(c2ccccc2)c2ccccc2)N(O)C1. The van der Waals surface area contributed by atoms with Crippen molar-refractivity contribution < 1.29 is 10.3 Å². The van der Waals surface area contributed by atoms with Crippen molar-refractivity contribution in [1.82, 2.24) is 5.06 Å². The van der Waals surface area contributed by atoms with E-state index in [-0.39, 0.29) is 12.6 Å². The van der Waals surface area contributed by atoms with Gasteiger partial charge in [-0.25, -0.2) is 0 Å². The second-order valence-corrected chi connectivity index (χ2v) is 6.93. The molecule has 4 rings (SSSR count). The lowest BCUT2D eigenvalue weighted by Gasteiger charge is -2.43. The molecule has 0 aliphatic carbocycles. The monoisotopic (exact) mass is 345 g/mol. The van der Waals surface area contributed by atoms with Gasteiger partial charge >= 0.3 is 0 Å². The van der Waals surface area contributed by atoms with Crippen molar-refractivity contribution in [2.75, 3.05) is 6.54 Å². The Morgan fingerprint density at radius 2 is 1.08 bits per heavy atom. The second-order valence-electron chi connectivity index (χ2n) is 6.93. The largest absolute Gasteiger partial charge is 0.392 e. The quantitative estimate of drug-likeness (QED) is 0.706. The summed E-state index contributed by atoms with van der Waals surface area (Å²) in [6, 6.07) is 30.6. The van der Waals surface area contributed by atoms with Gasteiger partial charge in [0.2, 0.25) is 0 Å². The maximum Gasteiger partial charge on any atom is 0.0706 e. The standard InChI is InChI=1S/C23H23NO2/c25-21-16-22(24(26)17-21)23(18-10-4-1-5-11-18,19-12-6-2-7-13-19)20-14-8-3-9-15-20/h1-15,21-22,25-26H,16-17H2/t21-,22+/m1/s1. The van der Waals surface area contributed by atoms with Crippen molar-refractivity contribution in [2.24, 2.45) is 0 Å². The minimum absolute atomic E-state index is 0.260. The topological polar surface area (TPSA) is 43.7 Å². The summed E-state index contributed by atoms with van der Waals surface area (Å²) in [6.07, 6.45) is -0.0321. The molecule has 2 N–H and O–H groups in total. The van der Waals surface area contributed by atoms with Crippen LogP contribution in [0, 0.1) is 0 Å². The Morgan fingerprint density at radius 1 is 0.692 bits per heavy atom. The average molecular weight is 345 g/mol. The van der Waals surface area contributed by atoms with Gasteiger partial charge in [-0.3, -0.25) is 0 Å². The first-order valence-electron chi connectivity index (χ1n) is 9.03. The number of aliphatic hydroxyl groups is 1. The Hall–Kier alpha value is -2.46. The van der Waals surface area contributed by atoms with Gasteiger partial charge in [-0.1, -0.05) is 91.0 Å². The lowest BCUT2D eigenvalue weighted by atomic mass is 9.64. The van der Waals surface area contributed by atoms with E-state index < -0.39 is 11.5 Å². The highest BCUT2D eigenvalue weighted by atomic mass is 16.5. The van der Waals surface area contributed by atoms with Crippen LogP contribution in [0.2, 0.25) is 0 Å². The zero-order valence-electron chi connectivity index (χ0n) is 14.6. The van der Waals surface area contributed by atoms with Gasteiger partial charge in [-0.15, -0.1) is 0 Å². The Bertz CT molecular complexity index is 739. The molecule has 0 spiro atoms. The van der Waals surface area contributed by atoms with Crippen LogP contribution in [0.5, 0.6) is 0 Å². The van der Waals surface area contributed by atoms with Gasteiger partial charge in [0.1, 0.15) is 0 Å². The summed E-state index contributed by atoms with van der Waals surface area (Å²) in [6.45, 7) is 0.263. The number of hydrogen-bond acceptors (Lipinski definition) is 3. The summed E-state index contributed by atoms with van der Waals surface area (Å²) < 4.78 is 0. The van der Waals surface area contributed by atoms with Gasteiger partial charge in [0.05, 0.1) is 24.1 Å². The predicted molar refractivity (Wildman–Crippen MR) is 102 cm³/mol. The van der Waals surface area contributed by atoms with E-state index >= 15 is 0 Å². The van der Waals surface area contributed by atoms with E-state index in [2.05, 4.69) is 36.4 Å². The molecule has 1 aliphatic heterocycles. The van der Waals surface area contributed by atoms with Gasteiger partial charge in [0, 0.05) is 0 Å². The molecule has 1 fully saturated rings. The van der Waals surface area contributed by atoms with Crippen LogP contribution in [-0.4, -0.2) is 34.1 Å². The Labute approximate surface area is 154 Å². The fourth-order valence-corrected chi connectivity index (χ4v) is 4.38. The van der Waals surface area contributed by atoms with Crippen LogP contribution >= 0.6 is 0 Å². The highest BCUT2D eigenvalue weighted by Gasteiger charge is 2.50. The van der Waals surface area contributed by atoms with Crippen LogP contribution in [0.25, 0.3) is 0 Å². The van der Waals surface area contributed by atoms with Crippen molar-refractivity contribution in [3.63, 3.8) is 0 Å². The molecule has 3 heteroatoms. The molecule has 0 bridgehead atoms. The molecule has 1 aliphatic rings. The molecule has 3 nitrogen and oxygen atoms in total. The molecule has 0 unspecified atom stereocenters. The van der Waals surface area contributed by atoms with Crippen LogP contribution in [0.3, 0.4) is 0 Å². The molecule has 1 heterocycles. The second kappa shape index (κ2) is 7.04. The maximum absolute atomic E-state index is 10.8. The van der Waals surface area contributed by atoms with E-state index in [1.807, 2.05) is 54.6 Å². The summed E-state index contributed by atoms with van der Waals surface area (Å²) in [7, 11) is 0. The van der Waals surface area contributed by atoms with Crippen LogP contribution in [0.15, 0.2) is 91.0 Å². The summed E-state index contributed by atoms with van der Waals surface area (Å²) in [4.78, 5) is 0. The van der Waals surface area contributed by atoms with Crippen LogP contribution in [0.4, 0.5) is 0 Å². The Kier molecular flexibility index (Phi) is 4.60. The zero-order valence-corrected chi connectivity index (χ0v) is 14.6. The minimum Gasteiger partial charge on any atom is -0.392 e. The van der Waals surface area contributed by atoms with Crippen molar-refractivity contribution in [3.05, 3.63) is 108 Å². The number of aliphatic hydroxyl groups excluding tert-OH is 1. The van der Waals surface area contributed by atoms with Gasteiger partial charge in [-0.05, 0) is 23.1 Å². The number of hydroxylamine groups is 2. The lowest BCUT2D eigenvalue weighted by Crippen LogP contribution is -2.48. The summed E-state index contributed by atoms with van der Waals surface area (Å²) in [5.41, 5.74) is 2.75. The van der Waals surface area contributed by atoms with Gasteiger partial charge in [-0.2, -0.15) is 5.06 Å². The summed E-state index contributed by atoms with van der Waals surface area (Å²) in [5, 5.41) is 22.3. The molecular weight excluding hydrogens is 322 g/mol. The number of β-amino-alcohol motifs (C(OH)–C–C–N with tert-alkyl or cyclic N) is 1. The number of nitrogens with zero attached hydrogens (tertiary/aromatic N) is 1. The molecule has 2 atom stereocenters.